The summed E-state index contributed by atoms with van der Waals surface area (Å²) in [5.41, 5.74) is 12.4. The smallest absolute Gasteiger partial charge is 0.00495 e. The first-order valence-corrected chi connectivity index (χ1v) is 4.83. The lowest BCUT2D eigenvalue weighted by molar-refractivity contribution is 0.0904. The van der Waals surface area contributed by atoms with E-state index in [1.54, 1.807) is 0 Å². The van der Waals surface area contributed by atoms with Crippen LogP contribution in [-0.4, -0.2) is 12.6 Å². The van der Waals surface area contributed by atoms with Crippen LogP contribution in [0.2, 0.25) is 0 Å². The summed E-state index contributed by atoms with van der Waals surface area (Å²) in [6, 6.07) is 0.349. The molecule has 0 bridgehead atoms. The molecule has 1 aliphatic carbocycles. The number of nitrogens with two attached hydrogens (primary N) is 2. The lowest BCUT2D eigenvalue weighted by atomic mass is 9.63. The maximum absolute atomic E-state index is 6.01. The molecule has 0 aromatic carbocycles. The zero-order chi connectivity index (χ0) is 9.41. The molecule has 0 heterocycles. The predicted molar refractivity (Wildman–Crippen MR) is 52.8 cm³/mol. The molecule has 2 nitrogen and oxygen atoms in total. The highest BCUT2D eigenvalue weighted by Gasteiger charge is 2.38. The molecule has 1 rings (SSSR count). The van der Waals surface area contributed by atoms with Crippen molar-refractivity contribution < 1.29 is 0 Å². The molecule has 4 N–H and O–H groups in total. The van der Waals surface area contributed by atoms with Crippen LogP contribution in [0, 0.1) is 10.8 Å². The minimum absolute atomic E-state index is 0.279. The van der Waals surface area contributed by atoms with Crippen LogP contribution < -0.4 is 11.5 Å². The highest BCUT2D eigenvalue weighted by Crippen LogP contribution is 2.44. The Morgan fingerprint density at radius 3 is 2.25 bits per heavy atom. The van der Waals surface area contributed by atoms with Crippen LogP contribution in [0.5, 0.6) is 0 Å². The lowest BCUT2D eigenvalue weighted by Crippen LogP contribution is -2.45. The van der Waals surface area contributed by atoms with Gasteiger partial charge in [-0.2, -0.15) is 0 Å². The van der Waals surface area contributed by atoms with Gasteiger partial charge in [-0.25, -0.2) is 0 Å². The van der Waals surface area contributed by atoms with Gasteiger partial charge in [0.05, 0.1) is 0 Å². The molecule has 0 aliphatic heterocycles. The Bertz CT molecular complexity index is 165. The zero-order valence-electron chi connectivity index (χ0n) is 8.56. The second kappa shape index (κ2) is 3.00. The van der Waals surface area contributed by atoms with Crippen LogP contribution in [0.1, 0.15) is 40.0 Å². The van der Waals surface area contributed by atoms with Gasteiger partial charge in [0.1, 0.15) is 0 Å². The van der Waals surface area contributed by atoms with Crippen LogP contribution in [0.4, 0.5) is 0 Å². The third kappa shape index (κ3) is 2.20. The van der Waals surface area contributed by atoms with E-state index < -0.39 is 0 Å². The van der Waals surface area contributed by atoms with Gasteiger partial charge >= 0.3 is 0 Å². The van der Waals surface area contributed by atoms with Crippen LogP contribution in [0.15, 0.2) is 0 Å². The van der Waals surface area contributed by atoms with Gasteiger partial charge in [0.2, 0.25) is 0 Å². The second-order valence-electron chi connectivity index (χ2n) is 5.52. The van der Waals surface area contributed by atoms with Crippen molar-refractivity contribution in [1.82, 2.24) is 0 Å². The van der Waals surface area contributed by atoms with E-state index in [1.807, 2.05) is 0 Å². The van der Waals surface area contributed by atoms with Crippen molar-refractivity contribution in [1.29, 1.82) is 0 Å². The molecule has 0 unspecified atom stereocenters. The Hall–Kier alpha value is -0.0800. The summed E-state index contributed by atoms with van der Waals surface area (Å²) in [6.07, 6.45) is 3.44. The van der Waals surface area contributed by atoms with Gasteiger partial charge in [-0.15, -0.1) is 0 Å². The third-order valence-corrected chi connectivity index (χ3v) is 2.97. The van der Waals surface area contributed by atoms with Gasteiger partial charge in [-0.05, 0) is 36.6 Å². The molecule has 1 aliphatic rings. The van der Waals surface area contributed by atoms with E-state index in [2.05, 4.69) is 20.8 Å². The predicted octanol–water partition coefficient (Wildman–Crippen LogP) is 1.49. The van der Waals surface area contributed by atoms with Crippen LogP contribution in [0.25, 0.3) is 0 Å². The van der Waals surface area contributed by atoms with Gasteiger partial charge in [-0.1, -0.05) is 20.8 Å². The SMILES string of the molecule is CC1(C)C[C@@H](N)C[C@](C)(CN)C1. The Morgan fingerprint density at radius 2 is 1.83 bits per heavy atom. The number of rotatable bonds is 1. The summed E-state index contributed by atoms with van der Waals surface area (Å²) in [5.74, 6) is 0. The highest BCUT2D eigenvalue weighted by molar-refractivity contribution is 4.93. The minimum atomic E-state index is 0.279. The van der Waals surface area contributed by atoms with Crippen molar-refractivity contribution in [3.8, 4) is 0 Å². The largest absolute Gasteiger partial charge is 0.330 e. The molecule has 12 heavy (non-hydrogen) atoms. The number of hydrogen-bond donors (Lipinski definition) is 2. The van der Waals surface area contributed by atoms with Gasteiger partial charge in [0.15, 0.2) is 0 Å². The van der Waals surface area contributed by atoms with Crippen molar-refractivity contribution in [2.45, 2.75) is 46.1 Å². The Morgan fingerprint density at radius 1 is 1.25 bits per heavy atom. The van der Waals surface area contributed by atoms with E-state index in [0.717, 1.165) is 19.4 Å². The quantitative estimate of drug-likeness (QED) is 0.626. The fourth-order valence-electron chi connectivity index (χ4n) is 2.87. The molecule has 2 heteroatoms. The Balaban J connectivity index is 2.70. The van der Waals surface area contributed by atoms with Crippen LogP contribution in [-0.2, 0) is 0 Å². The summed E-state index contributed by atoms with van der Waals surface area (Å²) >= 11 is 0. The fraction of sp³-hybridized carbons (Fsp3) is 1.00. The highest BCUT2D eigenvalue weighted by atomic mass is 14.7. The molecular weight excluding hydrogens is 148 g/mol. The summed E-state index contributed by atoms with van der Waals surface area (Å²) < 4.78 is 0. The molecule has 72 valence electrons. The molecule has 0 aromatic rings. The van der Waals surface area contributed by atoms with E-state index in [1.165, 1.54) is 6.42 Å². The molecule has 2 atom stereocenters. The molecule has 0 amide bonds. The van der Waals surface area contributed by atoms with Crippen molar-refractivity contribution in [2.75, 3.05) is 6.54 Å². The monoisotopic (exact) mass is 170 g/mol. The normalized spacial score (nSPS) is 41.2. The first-order valence-electron chi connectivity index (χ1n) is 4.83. The standard InChI is InChI=1S/C10H22N2/c1-9(2)4-8(12)5-10(3,6-9)7-11/h8H,4-7,11-12H2,1-3H3/t8-,10+/m1/s1. The van der Waals surface area contributed by atoms with Crippen molar-refractivity contribution in [3.05, 3.63) is 0 Å². The summed E-state index contributed by atoms with van der Waals surface area (Å²) in [6.45, 7) is 7.61. The van der Waals surface area contributed by atoms with Crippen LogP contribution in [0.3, 0.4) is 0 Å². The Labute approximate surface area is 75.7 Å². The molecular formula is C10H22N2. The molecule has 0 saturated heterocycles. The topological polar surface area (TPSA) is 52.0 Å². The van der Waals surface area contributed by atoms with Gasteiger partial charge in [0.25, 0.3) is 0 Å². The number of hydrogen-bond acceptors (Lipinski definition) is 2. The average molecular weight is 170 g/mol. The van der Waals surface area contributed by atoms with Crippen LogP contribution >= 0.6 is 0 Å². The molecule has 0 aromatic heterocycles. The minimum Gasteiger partial charge on any atom is -0.330 e. The summed E-state index contributed by atoms with van der Waals surface area (Å²) in [7, 11) is 0. The van der Waals surface area contributed by atoms with Gasteiger partial charge < -0.3 is 11.5 Å². The molecule has 1 fully saturated rings. The third-order valence-electron chi connectivity index (χ3n) is 2.97. The van der Waals surface area contributed by atoms with E-state index in [9.17, 15) is 0 Å². The van der Waals surface area contributed by atoms with E-state index in [0.29, 0.717) is 11.5 Å². The van der Waals surface area contributed by atoms with Crippen molar-refractivity contribution in [2.24, 2.45) is 22.3 Å². The first kappa shape index (κ1) is 10.0. The lowest BCUT2D eigenvalue weighted by Gasteiger charge is -2.45. The zero-order valence-corrected chi connectivity index (χ0v) is 8.56. The summed E-state index contributed by atoms with van der Waals surface area (Å²) in [4.78, 5) is 0. The fourth-order valence-corrected chi connectivity index (χ4v) is 2.87. The van der Waals surface area contributed by atoms with E-state index in [4.69, 9.17) is 11.5 Å². The Kier molecular flexibility index (Phi) is 2.50. The molecule has 1 saturated carbocycles. The van der Waals surface area contributed by atoms with Crippen molar-refractivity contribution in [3.63, 3.8) is 0 Å². The van der Waals surface area contributed by atoms with E-state index >= 15 is 0 Å². The van der Waals surface area contributed by atoms with E-state index in [-0.39, 0.29) is 5.41 Å². The first-order chi connectivity index (χ1) is 5.37. The maximum Gasteiger partial charge on any atom is 0.00495 e. The second-order valence-corrected chi connectivity index (χ2v) is 5.52. The van der Waals surface area contributed by atoms with Gasteiger partial charge in [-0.3, -0.25) is 0 Å². The van der Waals surface area contributed by atoms with Gasteiger partial charge in [0, 0.05) is 6.04 Å². The van der Waals surface area contributed by atoms with Crippen molar-refractivity contribution >= 4 is 0 Å². The molecule has 0 spiro atoms. The average Bonchev–Trinajstić information content (AvgIpc) is 1.82. The maximum atomic E-state index is 6.01. The summed E-state index contributed by atoms with van der Waals surface area (Å²) in [5, 5.41) is 0. The molecule has 0 radical (unpaired) electrons.